The van der Waals surface area contributed by atoms with Gasteiger partial charge in [-0.3, -0.25) is 0 Å². The van der Waals surface area contributed by atoms with Crippen molar-refractivity contribution in [2.45, 2.75) is 19.8 Å². The third-order valence-electron chi connectivity index (χ3n) is 2.31. The standard InChI is InChI=1S/C12H17BrO2/c1-9-7-11(14-2)10(5-4-6-13)12(8-9)15-3/h7-8H,4-6H2,1-3H3. The maximum Gasteiger partial charge on any atom is 0.126 e. The molecule has 0 saturated heterocycles. The zero-order valence-electron chi connectivity index (χ0n) is 9.47. The first-order valence-corrected chi connectivity index (χ1v) is 6.12. The predicted molar refractivity (Wildman–Crippen MR) is 66.4 cm³/mol. The summed E-state index contributed by atoms with van der Waals surface area (Å²) in [5.74, 6) is 1.85. The lowest BCUT2D eigenvalue weighted by Crippen LogP contribution is -1.98. The highest BCUT2D eigenvalue weighted by Crippen LogP contribution is 2.31. The predicted octanol–water partition coefficient (Wildman–Crippen LogP) is 3.34. The molecule has 0 heterocycles. The quantitative estimate of drug-likeness (QED) is 0.766. The van der Waals surface area contributed by atoms with Gasteiger partial charge in [-0.2, -0.15) is 0 Å². The lowest BCUT2D eigenvalue weighted by atomic mass is 10.1. The van der Waals surface area contributed by atoms with E-state index in [0.29, 0.717) is 0 Å². The summed E-state index contributed by atoms with van der Waals surface area (Å²) >= 11 is 3.43. The maximum atomic E-state index is 5.37. The summed E-state index contributed by atoms with van der Waals surface area (Å²) < 4.78 is 10.7. The van der Waals surface area contributed by atoms with Gasteiger partial charge in [-0.05, 0) is 37.5 Å². The Morgan fingerprint density at radius 3 is 2.07 bits per heavy atom. The third kappa shape index (κ3) is 3.13. The van der Waals surface area contributed by atoms with Crippen LogP contribution in [0.5, 0.6) is 11.5 Å². The second-order valence-corrected chi connectivity index (χ2v) is 4.23. The molecule has 1 aromatic carbocycles. The third-order valence-corrected chi connectivity index (χ3v) is 2.87. The van der Waals surface area contributed by atoms with Gasteiger partial charge >= 0.3 is 0 Å². The molecule has 1 rings (SSSR count). The van der Waals surface area contributed by atoms with Crippen LogP contribution < -0.4 is 9.47 Å². The Hall–Kier alpha value is -0.700. The van der Waals surface area contributed by atoms with E-state index in [0.717, 1.165) is 40.8 Å². The minimum absolute atomic E-state index is 0.924. The van der Waals surface area contributed by atoms with Gasteiger partial charge in [0, 0.05) is 10.9 Å². The zero-order chi connectivity index (χ0) is 11.3. The molecule has 1 aromatic rings. The Bertz CT molecular complexity index is 298. The van der Waals surface area contributed by atoms with Gasteiger partial charge in [-0.15, -0.1) is 0 Å². The van der Waals surface area contributed by atoms with Gasteiger partial charge in [0.05, 0.1) is 14.2 Å². The lowest BCUT2D eigenvalue weighted by Gasteiger charge is -2.13. The van der Waals surface area contributed by atoms with Gasteiger partial charge in [0.2, 0.25) is 0 Å². The number of hydrogen-bond acceptors (Lipinski definition) is 2. The van der Waals surface area contributed by atoms with Crippen molar-refractivity contribution in [3.8, 4) is 11.5 Å². The van der Waals surface area contributed by atoms with Gasteiger partial charge in [-0.25, -0.2) is 0 Å². The number of alkyl halides is 1. The molecular formula is C12H17BrO2. The van der Waals surface area contributed by atoms with Crippen LogP contribution in [0.2, 0.25) is 0 Å². The van der Waals surface area contributed by atoms with Crippen molar-refractivity contribution in [1.82, 2.24) is 0 Å². The summed E-state index contributed by atoms with van der Waals surface area (Å²) in [7, 11) is 3.40. The number of aryl methyl sites for hydroxylation is 1. The average molecular weight is 273 g/mol. The van der Waals surface area contributed by atoms with E-state index in [-0.39, 0.29) is 0 Å². The minimum Gasteiger partial charge on any atom is -0.496 e. The van der Waals surface area contributed by atoms with Crippen LogP contribution in [0.4, 0.5) is 0 Å². The number of ether oxygens (including phenoxy) is 2. The van der Waals surface area contributed by atoms with Crippen molar-refractivity contribution in [2.24, 2.45) is 0 Å². The fourth-order valence-electron chi connectivity index (χ4n) is 1.61. The minimum atomic E-state index is 0.924. The van der Waals surface area contributed by atoms with E-state index >= 15 is 0 Å². The molecule has 0 aromatic heterocycles. The molecule has 84 valence electrons. The van der Waals surface area contributed by atoms with Crippen LogP contribution in [-0.2, 0) is 6.42 Å². The van der Waals surface area contributed by atoms with Crippen molar-refractivity contribution in [1.29, 1.82) is 0 Å². The monoisotopic (exact) mass is 272 g/mol. The summed E-state index contributed by atoms with van der Waals surface area (Å²) in [5.41, 5.74) is 2.32. The highest BCUT2D eigenvalue weighted by molar-refractivity contribution is 9.09. The molecule has 0 bridgehead atoms. The first kappa shape index (κ1) is 12.4. The van der Waals surface area contributed by atoms with E-state index in [2.05, 4.69) is 15.9 Å². The molecule has 0 saturated carbocycles. The highest BCUT2D eigenvalue weighted by Gasteiger charge is 2.10. The SMILES string of the molecule is COc1cc(C)cc(OC)c1CCCBr. The molecule has 0 spiro atoms. The van der Waals surface area contributed by atoms with Gasteiger partial charge in [0.25, 0.3) is 0 Å². The molecule has 0 aliphatic rings. The maximum absolute atomic E-state index is 5.37. The van der Waals surface area contributed by atoms with Crippen LogP contribution >= 0.6 is 15.9 Å². The molecule has 3 heteroatoms. The Balaban J connectivity index is 3.06. The van der Waals surface area contributed by atoms with Gasteiger partial charge < -0.3 is 9.47 Å². The Morgan fingerprint density at radius 1 is 1.13 bits per heavy atom. The summed E-state index contributed by atoms with van der Waals surface area (Å²) in [6.07, 6.45) is 2.05. The molecule has 15 heavy (non-hydrogen) atoms. The normalized spacial score (nSPS) is 10.1. The molecule has 0 amide bonds. The average Bonchev–Trinajstić information content (AvgIpc) is 2.26. The summed E-state index contributed by atoms with van der Waals surface area (Å²) in [5, 5.41) is 0.993. The fourth-order valence-corrected chi connectivity index (χ4v) is 1.89. The van der Waals surface area contributed by atoms with Crippen molar-refractivity contribution in [2.75, 3.05) is 19.5 Å². The molecule has 0 atom stereocenters. The molecule has 2 nitrogen and oxygen atoms in total. The van der Waals surface area contributed by atoms with Crippen LogP contribution in [-0.4, -0.2) is 19.5 Å². The van der Waals surface area contributed by atoms with Crippen molar-refractivity contribution in [3.63, 3.8) is 0 Å². The Labute approximate surface area is 99.7 Å². The first-order chi connectivity index (χ1) is 7.22. The Kier molecular flexibility index (Phi) is 4.95. The summed E-state index contributed by atoms with van der Waals surface area (Å²) in [4.78, 5) is 0. The molecular weight excluding hydrogens is 256 g/mol. The van der Waals surface area contributed by atoms with Gasteiger partial charge in [0.15, 0.2) is 0 Å². The number of hydrogen-bond donors (Lipinski definition) is 0. The van der Waals surface area contributed by atoms with Crippen molar-refractivity contribution >= 4 is 15.9 Å². The van der Waals surface area contributed by atoms with Crippen molar-refractivity contribution in [3.05, 3.63) is 23.3 Å². The van der Waals surface area contributed by atoms with Gasteiger partial charge in [-0.1, -0.05) is 15.9 Å². The largest absolute Gasteiger partial charge is 0.496 e. The number of halogens is 1. The fraction of sp³-hybridized carbons (Fsp3) is 0.500. The first-order valence-electron chi connectivity index (χ1n) is 5.00. The van der Waals surface area contributed by atoms with E-state index in [1.165, 1.54) is 0 Å². The smallest absolute Gasteiger partial charge is 0.126 e. The lowest BCUT2D eigenvalue weighted by molar-refractivity contribution is 0.384. The number of benzene rings is 1. The molecule has 0 aliphatic carbocycles. The van der Waals surface area contributed by atoms with E-state index in [9.17, 15) is 0 Å². The molecule has 0 unspecified atom stereocenters. The molecule has 0 N–H and O–H groups in total. The zero-order valence-corrected chi connectivity index (χ0v) is 11.1. The number of methoxy groups -OCH3 is 2. The van der Waals surface area contributed by atoms with Crippen LogP contribution in [0, 0.1) is 6.92 Å². The van der Waals surface area contributed by atoms with Crippen molar-refractivity contribution < 1.29 is 9.47 Å². The number of rotatable bonds is 5. The summed E-state index contributed by atoms with van der Waals surface area (Å²) in [6, 6.07) is 4.10. The van der Waals surface area contributed by atoms with Crippen LogP contribution in [0.15, 0.2) is 12.1 Å². The molecule has 0 fully saturated rings. The van der Waals surface area contributed by atoms with E-state index in [4.69, 9.17) is 9.47 Å². The second kappa shape index (κ2) is 6.01. The van der Waals surface area contributed by atoms with E-state index < -0.39 is 0 Å². The van der Waals surface area contributed by atoms with Crippen LogP contribution in [0.25, 0.3) is 0 Å². The highest BCUT2D eigenvalue weighted by atomic mass is 79.9. The van der Waals surface area contributed by atoms with E-state index in [1.54, 1.807) is 14.2 Å². The second-order valence-electron chi connectivity index (χ2n) is 3.44. The topological polar surface area (TPSA) is 18.5 Å². The van der Waals surface area contributed by atoms with Crippen LogP contribution in [0.3, 0.4) is 0 Å². The molecule has 0 radical (unpaired) electrons. The summed E-state index contributed by atoms with van der Waals surface area (Å²) in [6.45, 7) is 2.04. The van der Waals surface area contributed by atoms with Gasteiger partial charge in [0.1, 0.15) is 11.5 Å². The van der Waals surface area contributed by atoms with Crippen LogP contribution in [0.1, 0.15) is 17.5 Å². The van der Waals surface area contributed by atoms with E-state index in [1.807, 2.05) is 19.1 Å². The Morgan fingerprint density at radius 2 is 1.67 bits per heavy atom. The molecule has 0 aliphatic heterocycles.